The first-order valence-electron chi connectivity index (χ1n) is 5.82. The van der Waals surface area contributed by atoms with Gasteiger partial charge in [0, 0.05) is 6.54 Å². The molecule has 0 aromatic heterocycles. The lowest BCUT2D eigenvalue weighted by atomic mass is 10.2. The van der Waals surface area contributed by atoms with Crippen molar-refractivity contribution in [3.8, 4) is 5.75 Å². The highest BCUT2D eigenvalue weighted by Crippen LogP contribution is 2.13. The molecule has 0 unspecified atom stereocenters. The molecule has 5 nitrogen and oxygen atoms in total. The molecule has 0 bridgehead atoms. The van der Waals surface area contributed by atoms with Gasteiger partial charge >= 0.3 is 5.97 Å². The number of aliphatic carboxylic acids is 1. The number of amides is 1. The molecule has 0 atom stereocenters. The van der Waals surface area contributed by atoms with Crippen LogP contribution >= 0.6 is 0 Å². The number of carboxylic acid groups (broad SMARTS) is 1. The van der Waals surface area contributed by atoms with E-state index in [1.165, 1.54) is 0 Å². The van der Waals surface area contributed by atoms with Crippen LogP contribution in [0.1, 0.15) is 18.9 Å². The highest BCUT2D eigenvalue weighted by Gasteiger charge is 2.04. The molecular formula is C13H17NO4. The Labute approximate surface area is 106 Å². The third kappa shape index (κ3) is 5.34. The number of hydrogen-bond donors (Lipinski definition) is 2. The Hall–Kier alpha value is -2.04. The topological polar surface area (TPSA) is 75.6 Å². The van der Waals surface area contributed by atoms with Crippen LogP contribution in [0.25, 0.3) is 0 Å². The molecule has 0 heterocycles. The number of rotatable bonds is 7. The lowest BCUT2D eigenvalue weighted by molar-refractivity contribution is -0.137. The molecule has 0 aliphatic carbocycles. The zero-order chi connectivity index (χ0) is 13.4. The van der Waals surface area contributed by atoms with Crippen LogP contribution in [0.4, 0.5) is 0 Å². The van der Waals surface area contributed by atoms with Crippen LogP contribution in [-0.2, 0) is 16.0 Å². The SMILES string of the molecule is CCc1cccc(OCC(=O)NCCC(=O)O)c1. The fourth-order valence-corrected chi connectivity index (χ4v) is 1.36. The number of ether oxygens (including phenoxy) is 1. The molecule has 0 aliphatic heterocycles. The van der Waals surface area contributed by atoms with E-state index in [1.807, 2.05) is 25.1 Å². The van der Waals surface area contributed by atoms with Crippen molar-refractivity contribution >= 4 is 11.9 Å². The zero-order valence-corrected chi connectivity index (χ0v) is 10.3. The maximum absolute atomic E-state index is 11.3. The Morgan fingerprint density at radius 2 is 2.17 bits per heavy atom. The number of carboxylic acids is 1. The van der Waals surface area contributed by atoms with Crippen molar-refractivity contribution in [2.75, 3.05) is 13.2 Å². The number of nitrogens with one attached hydrogen (secondary N) is 1. The molecule has 0 saturated heterocycles. The van der Waals surface area contributed by atoms with Crippen LogP contribution in [0, 0.1) is 0 Å². The van der Waals surface area contributed by atoms with Crippen LogP contribution in [-0.4, -0.2) is 30.1 Å². The summed E-state index contributed by atoms with van der Waals surface area (Å²) in [5.74, 6) is -0.618. The highest BCUT2D eigenvalue weighted by molar-refractivity contribution is 5.78. The smallest absolute Gasteiger partial charge is 0.305 e. The Bertz CT molecular complexity index is 417. The summed E-state index contributed by atoms with van der Waals surface area (Å²) in [7, 11) is 0. The minimum atomic E-state index is -0.938. The van der Waals surface area contributed by atoms with Crippen LogP contribution in [0.2, 0.25) is 0 Å². The largest absolute Gasteiger partial charge is 0.484 e. The van der Waals surface area contributed by atoms with E-state index in [2.05, 4.69) is 5.32 Å². The second kappa shape index (κ2) is 7.32. The minimum Gasteiger partial charge on any atom is -0.484 e. The summed E-state index contributed by atoms with van der Waals surface area (Å²) in [6, 6.07) is 7.52. The summed E-state index contributed by atoms with van der Waals surface area (Å²) in [6.07, 6.45) is 0.819. The van der Waals surface area contributed by atoms with Crippen LogP contribution < -0.4 is 10.1 Å². The van der Waals surface area contributed by atoms with Crippen LogP contribution in [0.3, 0.4) is 0 Å². The Morgan fingerprint density at radius 3 is 2.83 bits per heavy atom. The fraction of sp³-hybridized carbons (Fsp3) is 0.385. The van der Waals surface area contributed by atoms with Crippen molar-refractivity contribution in [3.05, 3.63) is 29.8 Å². The fourth-order valence-electron chi connectivity index (χ4n) is 1.36. The van der Waals surface area contributed by atoms with Gasteiger partial charge in [-0.2, -0.15) is 0 Å². The standard InChI is InChI=1S/C13H17NO4/c1-2-10-4-3-5-11(8-10)18-9-12(15)14-7-6-13(16)17/h3-5,8H,2,6-7,9H2,1H3,(H,14,15)(H,16,17). The molecule has 18 heavy (non-hydrogen) atoms. The Balaban J connectivity index is 2.31. The van der Waals surface area contributed by atoms with Gasteiger partial charge in [0.05, 0.1) is 6.42 Å². The molecule has 1 amide bonds. The van der Waals surface area contributed by atoms with Gasteiger partial charge in [-0.1, -0.05) is 19.1 Å². The minimum absolute atomic E-state index is 0.0863. The first kappa shape index (κ1) is 14.0. The normalized spacial score (nSPS) is 9.83. The van der Waals surface area contributed by atoms with E-state index < -0.39 is 5.97 Å². The second-order valence-electron chi connectivity index (χ2n) is 3.78. The van der Waals surface area contributed by atoms with Crippen LogP contribution in [0.5, 0.6) is 5.75 Å². The number of carbonyl (C=O) groups is 2. The number of carbonyl (C=O) groups excluding carboxylic acids is 1. The quantitative estimate of drug-likeness (QED) is 0.764. The van der Waals surface area contributed by atoms with E-state index in [9.17, 15) is 9.59 Å². The Kier molecular flexibility index (Phi) is 5.70. The number of hydrogen-bond acceptors (Lipinski definition) is 3. The first-order valence-corrected chi connectivity index (χ1v) is 5.82. The van der Waals surface area contributed by atoms with Crippen molar-refractivity contribution in [1.29, 1.82) is 0 Å². The van der Waals surface area contributed by atoms with Crippen molar-refractivity contribution in [2.24, 2.45) is 0 Å². The predicted molar refractivity (Wildman–Crippen MR) is 66.6 cm³/mol. The van der Waals surface area contributed by atoms with E-state index in [0.717, 1.165) is 12.0 Å². The van der Waals surface area contributed by atoms with Gasteiger partial charge in [0.1, 0.15) is 5.75 Å². The molecule has 5 heteroatoms. The molecule has 1 aromatic rings. The maximum Gasteiger partial charge on any atom is 0.305 e. The summed E-state index contributed by atoms with van der Waals surface area (Å²) in [5.41, 5.74) is 1.14. The van der Waals surface area contributed by atoms with Gasteiger partial charge in [0.2, 0.25) is 0 Å². The molecule has 0 fully saturated rings. The van der Waals surface area contributed by atoms with Gasteiger partial charge in [-0.05, 0) is 24.1 Å². The molecule has 0 radical (unpaired) electrons. The zero-order valence-electron chi connectivity index (χ0n) is 10.3. The summed E-state index contributed by atoms with van der Waals surface area (Å²) < 4.78 is 5.31. The van der Waals surface area contributed by atoms with Gasteiger partial charge in [0.25, 0.3) is 5.91 Å². The van der Waals surface area contributed by atoms with Crippen molar-refractivity contribution < 1.29 is 19.4 Å². The average Bonchev–Trinajstić information content (AvgIpc) is 2.36. The van der Waals surface area contributed by atoms with Crippen LogP contribution in [0.15, 0.2) is 24.3 Å². The summed E-state index contributed by atoms with van der Waals surface area (Å²) in [4.78, 5) is 21.6. The lowest BCUT2D eigenvalue weighted by Crippen LogP contribution is -2.30. The monoisotopic (exact) mass is 251 g/mol. The molecule has 1 rings (SSSR count). The first-order chi connectivity index (χ1) is 8.61. The van der Waals surface area contributed by atoms with E-state index in [4.69, 9.17) is 9.84 Å². The van der Waals surface area contributed by atoms with Crippen molar-refractivity contribution in [2.45, 2.75) is 19.8 Å². The van der Waals surface area contributed by atoms with Gasteiger partial charge in [-0.25, -0.2) is 0 Å². The van der Waals surface area contributed by atoms with Gasteiger partial charge in [-0.15, -0.1) is 0 Å². The summed E-state index contributed by atoms with van der Waals surface area (Å²) in [5, 5.41) is 10.9. The molecule has 2 N–H and O–H groups in total. The van der Waals surface area contributed by atoms with Gasteiger partial charge in [-0.3, -0.25) is 9.59 Å². The molecule has 0 spiro atoms. The molecule has 0 aliphatic rings. The van der Waals surface area contributed by atoms with Crippen molar-refractivity contribution in [3.63, 3.8) is 0 Å². The second-order valence-corrected chi connectivity index (χ2v) is 3.78. The maximum atomic E-state index is 11.3. The third-order valence-electron chi connectivity index (χ3n) is 2.34. The van der Waals surface area contributed by atoms with E-state index in [0.29, 0.717) is 5.75 Å². The highest BCUT2D eigenvalue weighted by atomic mass is 16.5. The molecule has 98 valence electrons. The molecule has 0 saturated carbocycles. The molecule has 1 aromatic carbocycles. The number of benzene rings is 1. The van der Waals surface area contributed by atoms with Crippen molar-refractivity contribution in [1.82, 2.24) is 5.32 Å². The average molecular weight is 251 g/mol. The number of aryl methyl sites for hydroxylation is 1. The summed E-state index contributed by atoms with van der Waals surface area (Å²) in [6.45, 7) is 2.05. The van der Waals surface area contributed by atoms with E-state index in [-0.39, 0.29) is 25.5 Å². The van der Waals surface area contributed by atoms with E-state index >= 15 is 0 Å². The van der Waals surface area contributed by atoms with Gasteiger partial charge < -0.3 is 15.2 Å². The third-order valence-corrected chi connectivity index (χ3v) is 2.34. The lowest BCUT2D eigenvalue weighted by Gasteiger charge is -2.07. The van der Waals surface area contributed by atoms with Gasteiger partial charge in [0.15, 0.2) is 6.61 Å². The van der Waals surface area contributed by atoms with E-state index in [1.54, 1.807) is 6.07 Å². The predicted octanol–water partition coefficient (Wildman–Crippen LogP) is 1.22. The Morgan fingerprint density at radius 1 is 1.39 bits per heavy atom. The summed E-state index contributed by atoms with van der Waals surface area (Å²) >= 11 is 0. The molecular weight excluding hydrogens is 234 g/mol.